The van der Waals surface area contributed by atoms with Crippen LogP contribution in [0.25, 0.3) is 0 Å². The first-order valence-corrected chi connectivity index (χ1v) is 10.7. The Morgan fingerprint density at radius 1 is 1.24 bits per heavy atom. The fourth-order valence-corrected chi connectivity index (χ4v) is 4.75. The molecule has 29 heavy (non-hydrogen) atoms. The number of benzene rings is 1. The van der Waals surface area contributed by atoms with Gasteiger partial charge >= 0.3 is 5.97 Å². The van der Waals surface area contributed by atoms with Crippen LogP contribution < -0.4 is 10.9 Å². The van der Waals surface area contributed by atoms with Gasteiger partial charge in [0.05, 0.1) is 12.0 Å². The molecule has 0 aromatic heterocycles. The van der Waals surface area contributed by atoms with Gasteiger partial charge in [0.15, 0.2) is 0 Å². The molecular formula is C22H30FN3O3. The van der Waals surface area contributed by atoms with Gasteiger partial charge in [0.25, 0.3) is 0 Å². The third kappa shape index (κ3) is 4.46. The Bertz CT molecular complexity index is 752. The van der Waals surface area contributed by atoms with E-state index < -0.39 is 5.41 Å². The lowest BCUT2D eigenvalue weighted by molar-refractivity contribution is -0.161. The molecule has 1 saturated carbocycles. The number of rotatable bonds is 6. The average molecular weight is 403 g/mol. The van der Waals surface area contributed by atoms with Gasteiger partial charge in [-0.2, -0.15) is 0 Å². The van der Waals surface area contributed by atoms with Gasteiger partial charge in [-0.25, -0.2) is 9.82 Å². The SMILES string of the molecule is CCOC(=O)C1(Cc2ccc(F)cc2)CCCN(C(=O)C2CC(C3CC3)NN2)C1. The molecular weight excluding hydrogens is 373 g/mol. The van der Waals surface area contributed by atoms with Gasteiger partial charge in [0.1, 0.15) is 11.9 Å². The molecule has 3 unspecified atom stereocenters. The van der Waals surface area contributed by atoms with Crippen molar-refractivity contribution in [1.82, 2.24) is 15.8 Å². The molecule has 3 aliphatic rings. The molecule has 2 saturated heterocycles. The third-order valence-corrected chi connectivity index (χ3v) is 6.47. The molecule has 158 valence electrons. The van der Waals surface area contributed by atoms with Gasteiger partial charge in [-0.3, -0.25) is 15.0 Å². The summed E-state index contributed by atoms with van der Waals surface area (Å²) in [7, 11) is 0. The van der Waals surface area contributed by atoms with Crippen LogP contribution in [0.4, 0.5) is 4.39 Å². The Morgan fingerprint density at radius 3 is 2.69 bits per heavy atom. The largest absolute Gasteiger partial charge is 0.466 e. The summed E-state index contributed by atoms with van der Waals surface area (Å²) in [5.74, 6) is 0.159. The average Bonchev–Trinajstić information content (AvgIpc) is 3.46. The molecule has 1 aromatic rings. The molecule has 0 spiro atoms. The van der Waals surface area contributed by atoms with Crippen molar-refractivity contribution in [2.75, 3.05) is 19.7 Å². The highest BCUT2D eigenvalue weighted by atomic mass is 19.1. The summed E-state index contributed by atoms with van der Waals surface area (Å²) >= 11 is 0. The van der Waals surface area contributed by atoms with Crippen LogP contribution in [-0.4, -0.2) is 48.6 Å². The Balaban J connectivity index is 1.49. The molecule has 0 bridgehead atoms. The smallest absolute Gasteiger partial charge is 0.314 e. The van der Waals surface area contributed by atoms with Gasteiger partial charge in [-0.15, -0.1) is 0 Å². The number of hydrogen-bond donors (Lipinski definition) is 2. The van der Waals surface area contributed by atoms with Crippen LogP contribution in [0.3, 0.4) is 0 Å². The number of likely N-dealkylation sites (tertiary alicyclic amines) is 1. The molecule has 2 aliphatic heterocycles. The van der Waals surface area contributed by atoms with E-state index in [1.54, 1.807) is 19.1 Å². The highest BCUT2D eigenvalue weighted by molar-refractivity contribution is 5.84. The topological polar surface area (TPSA) is 70.7 Å². The highest BCUT2D eigenvalue weighted by Gasteiger charge is 2.47. The van der Waals surface area contributed by atoms with Gasteiger partial charge in [-0.1, -0.05) is 12.1 Å². The molecule has 3 atom stereocenters. The second-order valence-electron chi connectivity index (χ2n) is 8.69. The quantitative estimate of drug-likeness (QED) is 0.713. The van der Waals surface area contributed by atoms with Crippen LogP contribution in [0.1, 0.15) is 44.6 Å². The lowest BCUT2D eigenvalue weighted by Crippen LogP contribution is -2.55. The predicted octanol–water partition coefficient (Wildman–Crippen LogP) is 2.19. The lowest BCUT2D eigenvalue weighted by atomic mass is 9.75. The second kappa shape index (κ2) is 8.40. The zero-order chi connectivity index (χ0) is 20.4. The fourth-order valence-electron chi connectivity index (χ4n) is 4.75. The van der Waals surface area contributed by atoms with E-state index in [1.165, 1.54) is 25.0 Å². The van der Waals surface area contributed by atoms with Crippen LogP contribution in [0.5, 0.6) is 0 Å². The van der Waals surface area contributed by atoms with Gasteiger partial charge in [-0.05, 0) is 69.1 Å². The number of nitrogens with zero attached hydrogens (tertiary/aromatic N) is 1. The number of nitrogens with one attached hydrogen (secondary N) is 2. The maximum atomic E-state index is 13.3. The minimum Gasteiger partial charge on any atom is -0.466 e. The number of carbonyl (C=O) groups is 2. The Labute approximate surface area is 171 Å². The monoisotopic (exact) mass is 403 g/mol. The van der Waals surface area contributed by atoms with Crippen molar-refractivity contribution in [3.63, 3.8) is 0 Å². The van der Waals surface area contributed by atoms with Crippen LogP contribution in [0.15, 0.2) is 24.3 Å². The first kappa shape index (κ1) is 20.3. The second-order valence-corrected chi connectivity index (χ2v) is 8.69. The standard InChI is InChI=1S/C22H30FN3O3/c1-2-29-21(28)22(13-15-4-8-17(23)9-5-15)10-3-11-26(14-22)20(27)19-12-18(24-25-19)16-6-7-16/h4-5,8-9,16,18-19,24-25H,2-3,6-7,10-14H2,1H3. The van der Waals surface area contributed by atoms with Crippen molar-refractivity contribution in [3.05, 3.63) is 35.6 Å². The molecule has 4 rings (SSSR count). The molecule has 2 heterocycles. The van der Waals surface area contributed by atoms with Gasteiger partial charge in [0, 0.05) is 19.1 Å². The zero-order valence-electron chi connectivity index (χ0n) is 17.0. The zero-order valence-corrected chi connectivity index (χ0v) is 17.0. The van der Waals surface area contributed by atoms with Crippen LogP contribution in [0.2, 0.25) is 0 Å². The number of piperidine rings is 1. The van der Waals surface area contributed by atoms with E-state index in [-0.39, 0.29) is 23.7 Å². The minimum absolute atomic E-state index is 0.0492. The number of halogens is 1. The van der Waals surface area contributed by atoms with Crippen LogP contribution in [-0.2, 0) is 20.7 Å². The third-order valence-electron chi connectivity index (χ3n) is 6.47. The lowest BCUT2D eigenvalue weighted by Gasteiger charge is -2.41. The summed E-state index contributed by atoms with van der Waals surface area (Å²) in [6.07, 6.45) is 5.11. The van der Waals surface area contributed by atoms with Crippen molar-refractivity contribution in [1.29, 1.82) is 0 Å². The van der Waals surface area contributed by atoms with E-state index in [4.69, 9.17) is 4.74 Å². The van der Waals surface area contributed by atoms with E-state index in [9.17, 15) is 14.0 Å². The van der Waals surface area contributed by atoms with Crippen molar-refractivity contribution in [2.24, 2.45) is 11.3 Å². The summed E-state index contributed by atoms with van der Waals surface area (Å²) in [6.45, 7) is 3.08. The predicted molar refractivity (Wildman–Crippen MR) is 106 cm³/mol. The molecule has 0 radical (unpaired) electrons. The van der Waals surface area contributed by atoms with Crippen LogP contribution in [0, 0.1) is 17.2 Å². The number of ether oxygens (including phenoxy) is 1. The van der Waals surface area contributed by atoms with Crippen molar-refractivity contribution < 1.29 is 18.7 Å². The first-order chi connectivity index (χ1) is 14.0. The van der Waals surface area contributed by atoms with Gasteiger partial charge < -0.3 is 9.64 Å². The Morgan fingerprint density at radius 2 is 2.00 bits per heavy atom. The summed E-state index contributed by atoms with van der Waals surface area (Å²) in [5.41, 5.74) is 6.53. The van der Waals surface area contributed by atoms with E-state index in [0.717, 1.165) is 18.4 Å². The number of hydrogen-bond acceptors (Lipinski definition) is 5. The van der Waals surface area contributed by atoms with E-state index in [2.05, 4.69) is 10.9 Å². The summed E-state index contributed by atoms with van der Waals surface area (Å²) in [5, 5.41) is 0. The normalized spacial score (nSPS) is 29.7. The fraction of sp³-hybridized carbons (Fsp3) is 0.636. The molecule has 2 N–H and O–H groups in total. The molecule has 1 aliphatic carbocycles. The van der Waals surface area contributed by atoms with Crippen molar-refractivity contribution in [2.45, 2.75) is 57.5 Å². The number of esters is 1. The molecule has 1 amide bonds. The molecule has 7 heteroatoms. The maximum Gasteiger partial charge on any atom is 0.314 e. The van der Waals surface area contributed by atoms with Crippen LogP contribution >= 0.6 is 0 Å². The first-order valence-electron chi connectivity index (χ1n) is 10.7. The highest BCUT2D eigenvalue weighted by Crippen LogP contribution is 2.38. The van der Waals surface area contributed by atoms with Crippen molar-refractivity contribution >= 4 is 11.9 Å². The van der Waals surface area contributed by atoms with Crippen molar-refractivity contribution in [3.8, 4) is 0 Å². The Kier molecular flexibility index (Phi) is 5.88. The molecule has 1 aromatic carbocycles. The van der Waals surface area contributed by atoms with E-state index in [1.807, 2.05) is 4.90 Å². The van der Waals surface area contributed by atoms with E-state index in [0.29, 0.717) is 44.5 Å². The Hall–Kier alpha value is -1.99. The maximum absolute atomic E-state index is 13.3. The number of amides is 1. The summed E-state index contributed by atoms with van der Waals surface area (Å²) < 4.78 is 18.7. The molecule has 3 fully saturated rings. The summed E-state index contributed by atoms with van der Waals surface area (Å²) in [4.78, 5) is 28.0. The van der Waals surface area contributed by atoms with E-state index >= 15 is 0 Å². The molecule has 6 nitrogen and oxygen atoms in total. The number of carbonyl (C=O) groups excluding carboxylic acids is 2. The van der Waals surface area contributed by atoms with Gasteiger partial charge in [0.2, 0.25) is 5.91 Å². The minimum atomic E-state index is -0.788. The number of hydrazine groups is 1. The summed E-state index contributed by atoms with van der Waals surface area (Å²) in [6, 6.07) is 6.35.